The lowest BCUT2D eigenvalue weighted by Crippen LogP contribution is -2.48. The largest absolute Gasteiger partial charge is 0.294 e. The molecule has 3 rings (SSSR count). The van der Waals surface area contributed by atoms with Crippen molar-refractivity contribution in [2.24, 2.45) is 5.92 Å². The number of carbonyl (C=O) groups is 1. The van der Waals surface area contributed by atoms with Crippen molar-refractivity contribution >= 4 is 5.78 Å². The lowest BCUT2D eigenvalue weighted by atomic mass is 9.70. The molecule has 0 spiro atoms. The van der Waals surface area contributed by atoms with Gasteiger partial charge in [0.05, 0.1) is 0 Å². The second-order valence-electron chi connectivity index (χ2n) is 5.70. The van der Waals surface area contributed by atoms with Crippen LogP contribution in [0.2, 0.25) is 0 Å². The lowest BCUT2D eigenvalue weighted by Gasteiger charge is -2.44. The third-order valence-electron chi connectivity index (χ3n) is 4.52. The van der Waals surface area contributed by atoms with Crippen molar-refractivity contribution in [1.82, 2.24) is 4.90 Å². The molecular weight excluding hydrogens is 241 g/mol. The zero-order valence-electron chi connectivity index (χ0n) is 11.3. The van der Waals surface area contributed by atoms with Gasteiger partial charge in [0.25, 0.3) is 0 Å². The molecule has 0 saturated carbocycles. The van der Waals surface area contributed by atoms with Crippen molar-refractivity contribution in [3.8, 4) is 0 Å². The number of hydrogen-bond donors (Lipinski definition) is 0. The van der Waals surface area contributed by atoms with Crippen molar-refractivity contribution < 1.29 is 9.18 Å². The maximum atomic E-state index is 14.8. The van der Waals surface area contributed by atoms with Crippen LogP contribution in [-0.4, -0.2) is 30.1 Å². The number of benzene rings is 1. The Kier molecular flexibility index (Phi) is 3.40. The molecule has 3 unspecified atom stereocenters. The molecule has 1 aromatic rings. The van der Waals surface area contributed by atoms with Crippen LogP contribution in [0.5, 0.6) is 0 Å². The van der Waals surface area contributed by atoms with E-state index < -0.39 is 6.30 Å². The summed E-state index contributed by atoms with van der Waals surface area (Å²) < 4.78 is 14.8. The number of carbonyl (C=O) groups excluding carboxylic acids is 1. The second-order valence-corrected chi connectivity index (χ2v) is 5.70. The minimum atomic E-state index is -0.937. The lowest BCUT2D eigenvalue weighted by molar-refractivity contribution is -0.00435. The van der Waals surface area contributed by atoms with Gasteiger partial charge in [-0.3, -0.25) is 9.69 Å². The minimum absolute atomic E-state index is 0.116. The van der Waals surface area contributed by atoms with Gasteiger partial charge < -0.3 is 0 Å². The van der Waals surface area contributed by atoms with E-state index in [2.05, 4.69) is 6.92 Å². The average Bonchev–Trinajstić information content (AvgIpc) is 2.42. The number of rotatable bonds is 2. The maximum Gasteiger partial charge on any atom is 0.163 e. The van der Waals surface area contributed by atoms with E-state index in [1.807, 2.05) is 29.2 Å². The molecule has 0 aromatic heterocycles. The number of alkyl halides is 1. The molecule has 1 aliphatic heterocycles. The molecule has 3 atom stereocenters. The Bertz CT molecular complexity index is 487. The highest BCUT2D eigenvalue weighted by Crippen LogP contribution is 2.44. The first-order chi connectivity index (χ1) is 9.22. The number of halogens is 1. The summed E-state index contributed by atoms with van der Waals surface area (Å²) in [6, 6.07) is 7.57. The van der Waals surface area contributed by atoms with Gasteiger partial charge in [-0.2, -0.15) is 0 Å². The number of hydrogen-bond acceptors (Lipinski definition) is 2. The molecular formula is C16H20FNO. The number of piperidine rings is 1. The molecule has 102 valence electrons. The summed E-state index contributed by atoms with van der Waals surface area (Å²) in [6.07, 6.45) is 1.49. The summed E-state index contributed by atoms with van der Waals surface area (Å²) in [5.74, 6) is 0.257. The molecule has 1 fully saturated rings. The first-order valence-corrected chi connectivity index (χ1v) is 7.22. The fourth-order valence-electron chi connectivity index (χ4n) is 3.63. The van der Waals surface area contributed by atoms with Gasteiger partial charge in [0.2, 0.25) is 0 Å². The van der Waals surface area contributed by atoms with E-state index >= 15 is 0 Å². The van der Waals surface area contributed by atoms with E-state index in [0.29, 0.717) is 6.42 Å². The van der Waals surface area contributed by atoms with E-state index in [4.69, 9.17) is 0 Å². The van der Waals surface area contributed by atoms with Crippen molar-refractivity contribution in [1.29, 1.82) is 0 Å². The van der Waals surface area contributed by atoms with E-state index in [1.165, 1.54) is 0 Å². The Labute approximate surface area is 113 Å². The topological polar surface area (TPSA) is 20.3 Å². The van der Waals surface area contributed by atoms with Crippen molar-refractivity contribution in [3.63, 3.8) is 0 Å². The predicted molar refractivity (Wildman–Crippen MR) is 73.0 cm³/mol. The van der Waals surface area contributed by atoms with E-state index in [9.17, 15) is 9.18 Å². The van der Waals surface area contributed by atoms with Gasteiger partial charge in [-0.15, -0.1) is 0 Å². The maximum absolute atomic E-state index is 14.8. The zero-order valence-corrected chi connectivity index (χ0v) is 11.3. The summed E-state index contributed by atoms with van der Waals surface area (Å²) in [6.45, 7) is 3.67. The van der Waals surface area contributed by atoms with Gasteiger partial charge in [-0.05, 0) is 24.3 Å². The van der Waals surface area contributed by atoms with Gasteiger partial charge in [-0.25, -0.2) is 4.39 Å². The Hall–Kier alpha value is -1.22. The molecule has 1 aromatic carbocycles. The van der Waals surface area contributed by atoms with E-state index in [0.717, 1.165) is 37.1 Å². The number of likely N-dealkylation sites (tertiary alicyclic amines) is 1. The summed E-state index contributed by atoms with van der Waals surface area (Å²) in [7, 11) is 0. The number of fused-ring (bicyclic) bond motifs is 3. The van der Waals surface area contributed by atoms with Crippen LogP contribution in [0.3, 0.4) is 0 Å². The monoisotopic (exact) mass is 261 g/mol. The van der Waals surface area contributed by atoms with Gasteiger partial charge in [0.1, 0.15) is 0 Å². The van der Waals surface area contributed by atoms with Crippen molar-refractivity contribution in [2.75, 3.05) is 13.1 Å². The second kappa shape index (κ2) is 5.04. The molecule has 0 bridgehead atoms. The number of nitrogens with zero attached hydrogens (tertiary/aromatic N) is 1. The Balaban J connectivity index is 1.97. The van der Waals surface area contributed by atoms with Gasteiger partial charge in [0, 0.05) is 31.0 Å². The van der Waals surface area contributed by atoms with Crippen LogP contribution < -0.4 is 0 Å². The molecule has 2 nitrogen and oxygen atoms in total. The fraction of sp³-hybridized carbons (Fsp3) is 0.562. The van der Waals surface area contributed by atoms with E-state index in [-0.39, 0.29) is 17.6 Å². The summed E-state index contributed by atoms with van der Waals surface area (Å²) in [5, 5.41) is 0. The molecule has 2 aliphatic rings. The van der Waals surface area contributed by atoms with E-state index in [1.54, 1.807) is 0 Å². The smallest absolute Gasteiger partial charge is 0.163 e. The molecule has 1 saturated heterocycles. The van der Waals surface area contributed by atoms with Crippen LogP contribution in [0.1, 0.15) is 48.0 Å². The summed E-state index contributed by atoms with van der Waals surface area (Å²) >= 11 is 0. The van der Waals surface area contributed by atoms with Crippen LogP contribution in [0.4, 0.5) is 4.39 Å². The minimum Gasteiger partial charge on any atom is -0.294 e. The van der Waals surface area contributed by atoms with Gasteiger partial charge >= 0.3 is 0 Å². The zero-order chi connectivity index (χ0) is 13.4. The third-order valence-corrected chi connectivity index (χ3v) is 4.52. The van der Waals surface area contributed by atoms with Crippen LogP contribution in [0.15, 0.2) is 24.3 Å². The number of Topliss-reactive ketones (excluding diaryl/α,β-unsaturated/α-hetero) is 1. The first kappa shape index (κ1) is 12.8. The summed E-state index contributed by atoms with van der Waals surface area (Å²) in [5.41, 5.74) is 1.67. The Morgan fingerprint density at radius 3 is 2.95 bits per heavy atom. The first-order valence-electron chi connectivity index (χ1n) is 7.22. The molecule has 0 amide bonds. The van der Waals surface area contributed by atoms with Crippen LogP contribution in [0, 0.1) is 5.92 Å². The molecule has 3 heteroatoms. The SMILES string of the molecule is CCCN1CCC2CC(=O)c3ccccc3C2C1F. The van der Waals surface area contributed by atoms with Crippen LogP contribution >= 0.6 is 0 Å². The predicted octanol–water partition coefficient (Wildman–Crippen LogP) is 3.38. The molecule has 1 aliphatic carbocycles. The highest BCUT2D eigenvalue weighted by molar-refractivity contribution is 5.99. The Morgan fingerprint density at radius 2 is 2.16 bits per heavy atom. The van der Waals surface area contributed by atoms with Crippen LogP contribution in [-0.2, 0) is 0 Å². The fourth-order valence-corrected chi connectivity index (χ4v) is 3.63. The molecule has 19 heavy (non-hydrogen) atoms. The Morgan fingerprint density at radius 1 is 1.37 bits per heavy atom. The molecule has 1 heterocycles. The summed E-state index contributed by atoms with van der Waals surface area (Å²) in [4.78, 5) is 14.1. The quantitative estimate of drug-likeness (QED) is 0.761. The highest BCUT2D eigenvalue weighted by atomic mass is 19.1. The van der Waals surface area contributed by atoms with Crippen molar-refractivity contribution in [2.45, 2.75) is 38.4 Å². The van der Waals surface area contributed by atoms with Gasteiger partial charge in [0.15, 0.2) is 12.1 Å². The number of ketones is 1. The normalized spacial score (nSPS) is 30.8. The highest BCUT2D eigenvalue weighted by Gasteiger charge is 2.43. The van der Waals surface area contributed by atoms with Crippen molar-refractivity contribution in [3.05, 3.63) is 35.4 Å². The standard InChI is InChI=1S/C16H20FNO/c1-2-8-18-9-7-11-10-14(19)12-5-3-4-6-13(12)15(11)16(18)17/h3-6,11,15-16H,2,7-10H2,1H3. The average molecular weight is 261 g/mol. The van der Waals surface area contributed by atoms with Gasteiger partial charge in [-0.1, -0.05) is 31.2 Å². The van der Waals surface area contributed by atoms with Crippen LogP contribution in [0.25, 0.3) is 0 Å². The third kappa shape index (κ3) is 2.10. The molecule has 0 N–H and O–H groups in total. The molecule has 0 radical (unpaired) electrons.